The smallest absolute Gasteiger partial charge is 0.251 e. The summed E-state index contributed by atoms with van der Waals surface area (Å²) >= 11 is 0. The van der Waals surface area contributed by atoms with Crippen molar-refractivity contribution in [2.45, 2.75) is 52.1 Å². The van der Waals surface area contributed by atoms with Gasteiger partial charge in [-0.05, 0) is 66.3 Å². The van der Waals surface area contributed by atoms with Crippen LogP contribution in [-0.2, 0) is 25.9 Å². The zero-order valence-electron chi connectivity index (χ0n) is 15.4. The maximum Gasteiger partial charge on any atom is 0.251 e. The first-order valence-corrected chi connectivity index (χ1v) is 9.35. The molecule has 0 fully saturated rings. The van der Waals surface area contributed by atoms with Crippen LogP contribution in [0.1, 0.15) is 58.0 Å². The summed E-state index contributed by atoms with van der Waals surface area (Å²) in [7, 11) is 0. The van der Waals surface area contributed by atoms with E-state index in [0.717, 1.165) is 29.9 Å². The molecule has 1 aliphatic rings. The van der Waals surface area contributed by atoms with Gasteiger partial charge in [0.25, 0.3) is 5.91 Å². The standard InChI is InChI=1S/C19H23N7O/c1-13-21-24-25-26(13)12-14-7-9-15(10-8-14)19(27)20-11-18-16-5-3-2-4-6-17(16)22-23-18/h7-10H,2-6,11-12H2,1H3,(H,20,27)(H,22,23). The summed E-state index contributed by atoms with van der Waals surface area (Å²) in [6.07, 6.45) is 5.75. The van der Waals surface area contributed by atoms with Gasteiger partial charge in [-0.25, -0.2) is 4.68 Å². The molecule has 8 heteroatoms. The highest BCUT2D eigenvalue weighted by molar-refractivity contribution is 5.94. The summed E-state index contributed by atoms with van der Waals surface area (Å²) in [5.41, 5.74) is 5.17. The van der Waals surface area contributed by atoms with Crippen LogP contribution in [-0.4, -0.2) is 36.3 Å². The molecule has 0 atom stereocenters. The molecule has 0 spiro atoms. The third kappa shape index (κ3) is 3.89. The first kappa shape index (κ1) is 17.4. The number of benzene rings is 1. The lowest BCUT2D eigenvalue weighted by molar-refractivity contribution is 0.0950. The number of H-pyrrole nitrogens is 1. The largest absolute Gasteiger partial charge is 0.346 e. The van der Waals surface area contributed by atoms with Crippen LogP contribution in [0.4, 0.5) is 0 Å². The van der Waals surface area contributed by atoms with E-state index in [1.54, 1.807) is 4.68 Å². The number of aromatic amines is 1. The fraction of sp³-hybridized carbons (Fsp3) is 0.421. The number of hydrogen-bond acceptors (Lipinski definition) is 5. The van der Waals surface area contributed by atoms with E-state index in [2.05, 4.69) is 31.0 Å². The van der Waals surface area contributed by atoms with Crippen molar-refractivity contribution in [3.05, 3.63) is 58.2 Å². The molecule has 3 aromatic rings. The Morgan fingerprint density at radius 2 is 2.00 bits per heavy atom. The quantitative estimate of drug-likeness (QED) is 0.673. The molecule has 0 radical (unpaired) electrons. The molecule has 1 amide bonds. The lowest BCUT2D eigenvalue weighted by Crippen LogP contribution is -2.23. The number of aromatic nitrogens is 6. The number of tetrazole rings is 1. The normalized spacial score (nSPS) is 13.8. The molecular weight excluding hydrogens is 342 g/mol. The summed E-state index contributed by atoms with van der Waals surface area (Å²) < 4.78 is 1.72. The van der Waals surface area contributed by atoms with Crippen molar-refractivity contribution in [1.29, 1.82) is 0 Å². The average molecular weight is 365 g/mol. The predicted octanol–water partition coefficient (Wildman–Crippen LogP) is 1.95. The molecule has 0 bridgehead atoms. The second-order valence-electron chi connectivity index (χ2n) is 6.95. The van der Waals surface area contributed by atoms with Crippen molar-refractivity contribution in [3.63, 3.8) is 0 Å². The Morgan fingerprint density at radius 3 is 2.78 bits per heavy atom. The van der Waals surface area contributed by atoms with Crippen LogP contribution in [0.2, 0.25) is 0 Å². The number of amides is 1. The highest BCUT2D eigenvalue weighted by atomic mass is 16.1. The third-order valence-corrected chi connectivity index (χ3v) is 5.07. The van der Waals surface area contributed by atoms with Gasteiger partial charge in [-0.3, -0.25) is 9.89 Å². The summed E-state index contributed by atoms with van der Waals surface area (Å²) in [4.78, 5) is 12.5. The minimum absolute atomic E-state index is 0.0921. The van der Waals surface area contributed by atoms with Crippen molar-refractivity contribution in [1.82, 2.24) is 35.7 Å². The van der Waals surface area contributed by atoms with E-state index in [9.17, 15) is 4.79 Å². The van der Waals surface area contributed by atoms with E-state index in [-0.39, 0.29) is 5.91 Å². The van der Waals surface area contributed by atoms with E-state index in [4.69, 9.17) is 0 Å². The first-order chi connectivity index (χ1) is 13.2. The Kier molecular flexibility index (Phi) is 4.95. The number of carbonyl (C=O) groups is 1. The summed E-state index contributed by atoms with van der Waals surface area (Å²) in [5.74, 6) is 0.667. The molecule has 1 aromatic carbocycles. The Morgan fingerprint density at radius 1 is 1.19 bits per heavy atom. The average Bonchev–Trinajstić information content (AvgIpc) is 3.18. The van der Waals surface area contributed by atoms with Crippen LogP contribution < -0.4 is 5.32 Å². The fourth-order valence-electron chi connectivity index (χ4n) is 3.47. The Hall–Kier alpha value is -3.03. The molecule has 0 saturated heterocycles. The highest BCUT2D eigenvalue weighted by Gasteiger charge is 2.16. The van der Waals surface area contributed by atoms with Crippen molar-refractivity contribution in [2.75, 3.05) is 0 Å². The maximum atomic E-state index is 12.5. The zero-order valence-corrected chi connectivity index (χ0v) is 15.4. The van der Waals surface area contributed by atoms with E-state index >= 15 is 0 Å². The van der Waals surface area contributed by atoms with Gasteiger partial charge in [-0.2, -0.15) is 5.10 Å². The Bertz CT molecular complexity index is 926. The van der Waals surface area contributed by atoms with Gasteiger partial charge < -0.3 is 5.32 Å². The van der Waals surface area contributed by atoms with Crippen molar-refractivity contribution < 1.29 is 4.79 Å². The molecule has 2 N–H and O–H groups in total. The zero-order chi connectivity index (χ0) is 18.6. The number of carbonyl (C=O) groups excluding carboxylic acids is 1. The van der Waals surface area contributed by atoms with Gasteiger partial charge in [-0.1, -0.05) is 18.6 Å². The van der Waals surface area contributed by atoms with Crippen molar-refractivity contribution >= 4 is 5.91 Å². The monoisotopic (exact) mass is 365 g/mol. The predicted molar refractivity (Wildman–Crippen MR) is 99.1 cm³/mol. The van der Waals surface area contributed by atoms with E-state index in [0.29, 0.717) is 18.7 Å². The van der Waals surface area contributed by atoms with Crippen LogP contribution in [0, 0.1) is 6.92 Å². The number of rotatable bonds is 5. The Labute approximate surface area is 157 Å². The minimum Gasteiger partial charge on any atom is -0.346 e. The molecule has 1 aliphatic carbocycles. The van der Waals surface area contributed by atoms with Crippen LogP contribution in [0.25, 0.3) is 0 Å². The first-order valence-electron chi connectivity index (χ1n) is 9.35. The van der Waals surface area contributed by atoms with Gasteiger partial charge in [0.05, 0.1) is 18.8 Å². The van der Waals surface area contributed by atoms with E-state index in [1.165, 1.54) is 30.5 Å². The number of nitrogens with zero attached hydrogens (tertiary/aromatic N) is 5. The van der Waals surface area contributed by atoms with Gasteiger partial charge in [0, 0.05) is 11.3 Å². The highest BCUT2D eigenvalue weighted by Crippen LogP contribution is 2.21. The minimum atomic E-state index is -0.0921. The molecule has 140 valence electrons. The number of nitrogens with one attached hydrogen (secondary N) is 2. The fourth-order valence-corrected chi connectivity index (χ4v) is 3.47. The van der Waals surface area contributed by atoms with Gasteiger partial charge in [0.15, 0.2) is 0 Å². The Balaban J connectivity index is 1.37. The second kappa shape index (κ2) is 7.69. The van der Waals surface area contributed by atoms with E-state index < -0.39 is 0 Å². The van der Waals surface area contributed by atoms with Crippen LogP contribution in [0.15, 0.2) is 24.3 Å². The SMILES string of the molecule is Cc1nnnn1Cc1ccc(C(=O)NCc2n[nH]c3c2CCCCC3)cc1. The molecule has 4 rings (SSSR count). The van der Waals surface area contributed by atoms with Crippen molar-refractivity contribution in [3.8, 4) is 0 Å². The molecule has 0 aliphatic heterocycles. The van der Waals surface area contributed by atoms with Crippen LogP contribution in [0.3, 0.4) is 0 Å². The number of fused-ring (bicyclic) bond motifs is 1. The van der Waals surface area contributed by atoms with Gasteiger partial charge in [-0.15, -0.1) is 5.10 Å². The molecule has 0 unspecified atom stereocenters. The number of hydrogen-bond donors (Lipinski definition) is 2. The topological polar surface area (TPSA) is 101 Å². The van der Waals surface area contributed by atoms with Crippen molar-refractivity contribution in [2.24, 2.45) is 0 Å². The maximum absolute atomic E-state index is 12.5. The lowest BCUT2D eigenvalue weighted by atomic mass is 10.1. The molecule has 2 aromatic heterocycles. The molecular formula is C19H23N7O. The summed E-state index contributed by atoms with van der Waals surface area (Å²) in [6, 6.07) is 7.51. The van der Waals surface area contributed by atoms with Gasteiger partial charge in [0.1, 0.15) is 5.82 Å². The summed E-state index contributed by atoms with van der Waals surface area (Å²) in [5, 5.41) is 22.0. The third-order valence-electron chi connectivity index (χ3n) is 5.07. The lowest BCUT2D eigenvalue weighted by Gasteiger charge is -2.07. The molecule has 27 heavy (non-hydrogen) atoms. The number of aryl methyl sites for hydroxylation is 2. The van der Waals surface area contributed by atoms with Gasteiger partial charge in [0.2, 0.25) is 0 Å². The van der Waals surface area contributed by atoms with E-state index in [1.807, 2.05) is 31.2 Å². The van der Waals surface area contributed by atoms with Gasteiger partial charge >= 0.3 is 0 Å². The van der Waals surface area contributed by atoms with Crippen LogP contribution >= 0.6 is 0 Å². The molecule has 2 heterocycles. The molecule has 0 saturated carbocycles. The van der Waals surface area contributed by atoms with Crippen LogP contribution in [0.5, 0.6) is 0 Å². The second-order valence-corrected chi connectivity index (χ2v) is 6.95. The summed E-state index contributed by atoms with van der Waals surface area (Å²) in [6.45, 7) is 2.90. The molecule has 8 nitrogen and oxygen atoms in total.